The molecule has 1 aliphatic rings. The summed E-state index contributed by atoms with van der Waals surface area (Å²) < 4.78 is 0. The molecule has 0 spiro atoms. The molecule has 2 N–H and O–H groups in total. The molecule has 0 bridgehead atoms. The average Bonchev–Trinajstić information content (AvgIpc) is 2.50. The van der Waals surface area contributed by atoms with Crippen LogP contribution in [0.1, 0.15) is 39.2 Å². The van der Waals surface area contributed by atoms with E-state index in [2.05, 4.69) is 0 Å². The van der Waals surface area contributed by atoms with E-state index in [1.807, 2.05) is 32.9 Å². The minimum atomic E-state index is -0.515. The van der Waals surface area contributed by atoms with Gasteiger partial charge in [0.25, 0.3) is 0 Å². The predicted molar refractivity (Wildman–Crippen MR) is 93.5 cm³/mol. The minimum Gasteiger partial charge on any atom is -0.367 e. The van der Waals surface area contributed by atoms with E-state index >= 15 is 0 Å². The number of carbonyl (C=O) groups is 1. The quantitative estimate of drug-likeness (QED) is 0.892. The Labute approximate surface area is 147 Å². The Bertz CT molecular complexity index is 576. The van der Waals surface area contributed by atoms with Gasteiger partial charge in [-0.25, -0.2) is 4.79 Å². The largest absolute Gasteiger partial charge is 0.367 e. The molecule has 0 saturated carbocycles. The molecule has 1 aromatic carbocycles. The van der Waals surface area contributed by atoms with Crippen LogP contribution in [-0.2, 0) is 15.0 Å². The molecular formula is C17H24Cl2N2O2. The van der Waals surface area contributed by atoms with Gasteiger partial charge in [-0.1, -0.05) is 35.3 Å². The number of carbonyl (C=O) groups excluding carboxylic acids is 1. The summed E-state index contributed by atoms with van der Waals surface area (Å²) in [7, 11) is 0. The minimum absolute atomic E-state index is 0.224. The zero-order valence-corrected chi connectivity index (χ0v) is 15.4. The summed E-state index contributed by atoms with van der Waals surface area (Å²) >= 11 is 12.5. The molecule has 1 aromatic rings. The number of rotatable bonds is 3. The van der Waals surface area contributed by atoms with Crippen LogP contribution in [0.2, 0.25) is 10.0 Å². The first-order valence-electron chi connectivity index (χ1n) is 7.81. The van der Waals surface area contributed by atoms with Crippen LogP contribution in [0.15, 0.2) is 18.2 Å². The molecule has 1 aliphatic heterocycles. The van der Waals surface area contributed by atoms with Crippen molar-refractivity contribution in [2.24, 2.45) is 11.1 Å². The molecule has 2 rings (SSSR count). The summed E-state index contributed by atoms with van der Waals surface area (Å²) in [5.41, 5.74) is 6.31. The lowest BCUT2D eigenvalue weighted by Crippen LogP contribution is -2.48. The van der Waals surface area contributed by atoms with Crippen molar-refractivity contribution in [3.8, 4) is 0 Å². The number of benzene rings is 1. The molecule has 0 unspecified atom stereocenters. The summed E-state index contributed by atoms with van der Waals surface area (Å²) in [4.78, 5) is 17.5. The lowest BCUT2D eigenvalue weighted by Gasteiger charge is -2.41. The summed E-state index contributed by atoms with van der Waals surface area (Å²) in [5, 5.41) is 2.83. The molecule has 1 fully saturated rings. The van der Waals surface area contributed by atoms with Gasteiger partial charge in [0.2, 0.25) is 0 Å². The molecule has 1 heterocycles. The fraction of sp³-hybridized carbons (Fsp3) is 0.588. The number of nitrogens with zero attached hydrogens (tertiary/aromatic N) is 1. The molecule has 0 aliphatic carbocycles. The summed E-state index contributed by atoms with van der Waals surface area (Å²) in [6.45, 7) is 7.26. The molecule has 23 heavy (non-hydrogen) atoms. The zero-order valence-electron chi connectivity index (χ0n) is 13.9. The molecule has 0 atom stereocenters. The van der Waals surface area contributed by atoms with Crippen molar-refractivity contribution in [1.29, 1.82) is 0 Å². The Morgan fingerprint density at radius 1 is 1.30 bits per heavy atom. The second-order valence-corrected chi connectivity index (χ2v) is 7.93. The Balaban J connectivity index is 2.11. The SMILES string of the molecule is CC(C)(C)C(=O)ON1CCC(CN)(c2cccc(Cl)c2Cl)CC1. The number of piperidine rings is 1. The van der Waals surface area contributed by atoms with Crippen molar-refractivity contribution in [3.63, 3.8) is 0 Å². The lowest BCUT2D eigenvalue weighted by atomic mass is 9.73. The fourth-order valence-electron chi connectivity index (χ4n) is 2.76. The van der Waals surface area contributed by atoms with Crippen LogP contribution in [-0.4, -0.2) is 30.7 Å². The third-order valence-corrected chi connectivity index (χ3v) is 5.24. The predicted octanol–water partition coefficient (Wildman–Crippen LogP) is 3.79. The standard InChI is InChI=1S/C17H24Cl2N2O2/c1-16(2,3)15(22)23-21-9-7-17(11-20,8-10-21)12-5-4-6-13(18)14(12)19/h4-6H,7-11,20H2,1-3H3. The molecule has 0 aromatic heterocycles. The number of nitrogens with two attached hydrogens (primary N) is 1. The smallest absolute Gasteiger partial charge is 0.330 e. The highest BCUT2D eigenvalue weighted by Gasteiger charge is 2.38. The van der Waals surface area contributed by atoms with Gasteiger partial charge in [0.05, 0.1) is 15.5 Å². The van der Waals surface area contributed by atoms with Crippen LogP contribution in [0, 0.1) is 5.41 Å². The van der Waals surface area contributed by atoms with Crippen molar-refractivity contribution in [3.05, 3.63) is 33.8 Å². The Morgan fingerprint density at radius 3 is 2.43 bits per heavy atom. The van der Waals surface area contributed by atoms with Gasteiger partial charge >= 0.3 is 5.97 Å². The van der Waals surface area contributed by atoms with E-state index in [9.17, 15) is 4.79 Å². The third kappa shape index (κ3) is 4.00. The molecule has 1 saturated heterocycles. The van der Waals surface area contributed by atoms with Crippen LogP contribution >= 0.6 is 23.2 Å². The van der Waals surface area contributed by atoms with Gasteiger partial charge in [-0.2, -0.15) is 0 Å². The van der Waals surface area contributed by atoms with Crippen LogP contribution in [0.4, 0.5) is 0 Å². The van der Waals surface area contributed by atoms with Crippen molar-refractivity contribution < 1.29 is 9.63 Å². The van der Waals surface area contributed by atoms with Gasteiger partial charge in [0, 0.05) is 25.0 Å². The molecule has 0 radical (unpaired) electrons. The van der Waals surface area contributed by atoms with Crippen LogP contribution in [0.25, 0.3) is 0 Å². The van der Waals surface area contributed by atoms with Crippen molar-refractivity contribution in [1.82, 2.24) is 5.06 Å². The summed E-state index contributed by atoms with van der Waals surface area (Å²) in [6.07, 6.45) is 1.53. The van der Waals surface area contributed by atoms with Gasteiger partial charge in [0.1, 0.15) is 0 Å². The maximum absolute atomic E-state index is 12.0. The normalized spacial score (nSPS) is 18.7. The molecule has 4 nitrogen and oxygen atoms in total. The Kier molecular flexibility index (Phi) is 5.62. The molecular weight excluding hydrogens is 335 g/mol. The van der Waals surface area contributed by atoms with Gasteiger partial charge in [-0.15, -0.1) is 5.06 Å². The summed E-state index contributed by atoms with van der Waals surface area (Å²) in [5.74, 6) is -0.224. The van der Waals surface area contributed by atoms with E-state index in [1.54, 1.807) is 11.1 Å². The van der Waals surface area contributed by atoms with Crippen molar-refractivity contribution in [2.45, 2.75) is 39.0 Å². The highest BCUT2D eigenvalue weighted by molar-refractivity contribution is 6.42. The van der Waals surface area contributed by atoms with Crippen molar-refractivity contribution in [2.75, 3.05) is 19.6 Å². The first kappa shape index (κ1) is 18.5. The highest BCUT2D eigenvalue weighted by Crippen LogP contribution is 2.41. The second kappa shape index (κ2) is 6.98. The van der Waals surface area contributed by atoms with Crippen LogP contribution in [0.3, 0.4) is 0 Å². The number of halogens is 2. The molecule has 128 valence electrons. The topological polar surface area (TPSA) is 55.6 Å². The highest BCUT2D eigenvalue weighted by atomic mass is 35.5. The van der Waals surface area contributed by atoms with Crippen LogP contribution in [0.5, 0.6) is 0 Å². The lowest BCUT2D eigenvalue weighted by molar-refractivity contribution is -0.206. The van der Waals surface area contributed by atoms with Gasteiger partial charge in [0.15, 0.2) is 0 Å². The average molecular weight is 359 g/mol. The first-order chi connectivity index (χ1) is 10.7. The van der Waals surface area contributed by atoms with E-state index in [0.717, 1.165) is 18.4 Å². The van der Waals surface area contributed by atoms with E-state index in [4.69, 9.17) is 33.8 Å². The first-order valence-corrected chi connectivity index (χ1v) is 8.57. The van der Waals surface area contributed by atoms with Crippen molar-refractivity contribution >= 4 is 29.2 Å². The maximum atomic E-state index is 12.0. The van der Waals surface area contributed by atoms with Crippen LogP contribution < -0.4 is 5.73 Å². The summed E-state index contributed by atoms with van der Waals surface area (Å²) in [6, 6.07) is 5.66. The molecule has 6 heteroatoms. The Morgan fingerprint density at radius 2 is 1.91 bits per heavy atom. The monoisotopic (exact) mass is 358 g/mol. The fourth-order valence-corrected chi connectivity index (χ4v) is 3.26. The van der Waals surface area contributed by atoms with Gasteiger partial charge in [-0.05, 0) is 45.2 Å². The number of hydroxylamine groups is 2. The van der Waals surface area contributed by atoms with E-state index in [1.165, 1.54) is 0 Å². The second-order valence-electron chi connectivity index (χ2n) is 7.14. The number of hydrogen-bond donors (Lipinski definition) is 1. The Hall–Kier alpha value is -0.810. The van der Waals surface area contributed by atoms with E-state index < -0.39 is 5.41 Å². The maximum Gasteiger partial charge on any atom is 0.330 e. The molecule has 0 amide bonds. The zero-order chi connectivity index (χ0) is 17.3. The number of hydrogen-bond acceptors (Lipinski definition) is 4. The van der Waals surface area contributed by atoms with E-state index in [0.29, 0.717) is 29.7 Å². The van der Waals surface area contributed by atoms with Gasteiger partial charge in [-0.3, -0.25) is 0 Å². The van der Waals surface area contributed by atoms with Gasteiger partial charge < -0.3 is 10.6 Å². The third-order valence-electron chi connectivity index (χ3n) is 4.42. The van der Waals surface area contributed by atoms with E-state index in [-0.39, 0.29) is 11.4 Å².